The van der Waals surface area contributed by atoms with E-state index in [-0.39, 0.29) is 17.9 Å². The second kappa shape index (κ2) is 9.26. The summed E-state index contributed by atoms with van der Waals surface area (Å²) >= 11 is 0. The van der Waals surface area contributed by atoms with Crippen molar-refractivity contribution in [1.82, 2.24) is 15.5 Å². The molecule has 6 nitrogen and oxygen atoms in total. The van der Waals surface area contributed by atoms with Crippen molar-refractivity contribution < 1.29 is 9.21 Å². The van der Waals surface area contributed by atoms with Crippen molar-refractivity contribution in [3.63, 3.8) is 0 Å². The van der Waals surface area contributed by atoms with Crippen LogP contribution in [0, 0.1) is 5.92 Å². The molecular weight excluding hydrogens is 340 g/mol. The number of hydrogen-bond donors (Lipinski definition) is 2. The normalized spacial score (nSPS) is 20.1. The number of amides is 1. The highest BCUT2D eigenvalue weighted by molar-refractivity contribution is 5.81. The minimum atomic E-state index is 0.0773. The van der Waals surface area contributed by atoms with E-state index in [4.69, 9.17) is 9.41 Å². The van der Waals surface area contributed by atoms with Crippen LogP contribution in [-0.4, -0.2) is 43.4 Å². The summed E-state index contributed by atoms with van der Waals surface area (Å²) in [4.78, 5) is 18.9. The number of nitrogens with zero attached hydrogens (tertiary/aromatic N) is 2. The SMILES string of the molecule is CCNC(=NCC1CC(=O)N(C)C1c1ccccc1)NCCc1ccco1. The lowest BCUT2D eigenvalue weighted by atomic mass is 9.94. The Morgan fingerprint density at radius 2 is 2.04 bits per heavy atom. The fourth-order valence-corrected chi connectivity index (χ4v) is 3.57. The maximum Gasteiger partial charge on any atom is 0.223 e. The Labute approximate surface area is 160 Å². The summed E-state index contributed by atoms with van der Waals surface area (Å²) in [6.07, 6.45) is 3.02. The van der Waals surface area contributed by atoms with Gasteiger partial charge in [-0.3, -0.25) is 9.79 Å². The van der Waals surface area contributed by atoms with Gasteiger partial charge in [0.15, 0.2) is 5.96 Å². The molecule has 1 aromatic heterocycles. The molecule has 2 atom stereocenters. The van der Waals surface area contributed by atoms with Crippen LogP contribution in [0.4, 0.5) is 0 Å². The van der Waals surface area contributed by atoms with Gasteiger partial charge in [0.05, 0.1) is 12.3 Å². The van der Waals surface area contributed by atoms with Gasteiger partial charge < -0.3 is 20.0 Å². The zero-order valence-electron chi connectivity index (χ0n) is 16.0. The number of nitrogens with one attached hydrogen (secondary N) is 2. The summed E-state index contributed by atoms with van der Waals surface area (Å²) in [6.45, 7) is 4.18. The highest BCUT2D eigenvalue weighted by Gasteiger charge is 2.38. The number of carbonyl (C=O) groups excluding carboxylic acids is 1. The van der Waals surface area contributed by atoms with E-state index in [2.05, 4.69) is 22.8 Å². The first-order valence-electron chi connectivity index (χ1n) is 9.54. The number of aliphatic imine (C=N–C) groups is 1. The van der Waals surface area contributed by atoms with Crippen LogP contribution in [-0.2, 0) is 11.2 Å². The molecule has 27 heavy (non-hydrogen) atoms. The third-order valence-electron chi connectivity index (χ3n) is 4.91. The molecule has 2 N–H and O–H groups in total. The molecule has 2 heterocycles. The lowest BCUT2D eigenvalue weighted by Gasteiger charge is -2.25. The van der Waals surface area contributed by atoms with Crippen molar-refractivity contribution in [2.24, 2.45) is 10.9 Å². The van der Waals surface area contributed by atoms with Crippen molar-refractivity contribution in [2.45, 2.75) is 25.8 Å². The quantitative estimate of drug-likeness (QED) is 0.582. The van der Waals surface area contributed by atoms with E-state index in [1.54, 1.807) is 6.26 Å². The van der Waals surface area contributed by atoms with Gasteiger partial charge in [-0.2, -0.15) is 0 Å². The zero-order valence-corrected chi connectivity index (χ0v) is 16.0. The predicted octanol–water partition coefficient (Wildman–Crippen LogP) is 2.60. The van der Waals surface area contributed by atoms with E-state index in [9.17, 15) is 4.79 Å². The van der Waals surface area contributed by atoms with Gasteiger partial charge in [-0.1, -0.05) is 30.3 Å². The molecule has 0 radical (unpaired) electrons. The molecule has 3 rings (SSSR count). The molecule has 0 bridgehead atoms. The van der Waals surface area contributed by atoms with E-state index < -0.39 is 0 Å². The molecule has 2 aromatic rings. The lowest BCUT2D eigenvalue weighted by Crippen LogP contribution is -2.38. The Morgan fingerprint density at radius 1 is 1.22 bits per heavy atom. The molecule has 1 fully saturated rings. The van der Waals surface area contributed by atoms with Crippen LogP contribution in [0.1, 0.15) is 30.7 Å². The molecule has 0 aliphatic carbocycles. The lowest BCUT2D eigenvalue weighted by molar-refractivity contribution is -0.127. The minimum Gasteiger partial charge on any atom is -0.469 e. The van der Waals surface area contributed by atoms with E-state index in [0.717, 1.165) is 31.2 Å². The van der Waals surface area contributed by atoms with Gasteiger partial charge in [0.1, 0.15) is 5.76 Å². The van der Waals surface area contributed by atoms with Crippen molar-refractivity contribution in [3.8, 4) is 0 Å². The Hall–Kier alpha value is -2.76. The summed E-state index contributed by atoms with van der Waals surface area (Å²) < 4.78 is 5.36. The molecule has 1 saturated heterocycles. The van der Waals surface area contributed by atoms with Crippen molar-refractivity contribution in [1.29, 1.82) is 0 Å². The fraction of sp³-hybridized carbons (Fsp3) is 0.429. The van der Waals surface area contributed by atoms with Crippen LogP contribution in [0.5, 0.6) is 0 Å². The predicted molar refractivity (Wildman–Crippen MR) is 106 cm³/mol. The van der Waals surface area contributed by atoms with Gasteiger partial charge in [-0.05, 0) is 24.6 Å². The summed E-state index contributed by atoms with van der Waals surface area (Å²) in [5, 5.41) is 6.61. The van der Waals surface area contributed by atoms with Crippen molar-refractivity contribution in [2.75, 3.05) is 26.7 Å². The number of hydrogen-bond acceptors (Lipinski definition) is 3. The molecule has 1 aliphatic rings. The standard InChI is InChI=1S/C21H28N4O2/c1-3-22-21(23-12-11-18-10-7-13-27-18)24-15-17-14-19(26)25(2)20(17)16-8-5-4-6-9-16/h4-10,13,17,20H,3,11-12,14-15H2,1-2H3,(H2,22,23,24). The maximum absolute atomic E-state index is 12.3. The number of carbonyl (C=O) groups is 1. The molecule has 0 spiro atoms. The highest BCUT2D eigenvalue weighted by atomic mass is 16.3. The Kier molecular flexibility index (Phi) is 6.52. The average Bonchev–Trinajstić information content (AvgIpc) is 3.29. The van der Waals surface area contributed by atoms with E-state index in [0.29, 0.717) is 13.0 Å². The van der Waals surface area contributed by atoms with Gasteiger partial charge in [-0.15, -0.1) is 0 Å². The van der Waals surface area contributed by atoms with Crippen LogP contribution >= 0.6 is 0 Å². The number of benzene rings is 1. The van der Waals surface area contributed by atoms with E-state index >= 15 is 0 Å². The first-order valence-corrected chi connectivity index (χ1v) is 9.54. The second-order valence-corrected chi connectivity index (χ2v) is 6.80. The number of furan rings is 1. The van der Waals surface area contributed by atoms with Crippen LogP contribution in [0.15, 0.2) is 58.1 Å². The maximum atomic E-state index is 12.3. The molecular formula is C21H28N4O2. The van der Waals surface area contributed by atoms with Crippen LogP contribution in [0.25, 0.3) is 0 Å². The smallest absolute Gasteiger partial charge is 0.223 e. The number of guanidine groups is 1. The van der Waals surface area contributed by atoms with Gasteiger partial charge in [-0.25, -0.2) is 0 Å². The fourth-order valence-electron chi connectivity index (χ4n) is 3.57. The third kappa shape index (κ3) is 4.90. The third-order valence-corrected chi connectivity index (χ3v) is 4.91. The molecule has 144 valence electrons. The Bertz CT molecular complexity index is 743. The van der Waals surface area contributed by atoms with Crippen LogP contribution in [0.3, 0.4) is 0 Å². The summed E-state index contributed by atoms with van der Waals surface area (Å²) in [5.41, 5.74) is 1.17. The first kappa shape index (κ1) is 19.0. The zero-order chi connectivity index (χ0) is 19.1. The minimum absolute atomic E-state index is 0.0773. The van der Waals surface area contributed by atoms with Crippen molar-refractivity contribution >= 4 is 11.9 Å². The molecule has 2 unspecified atom stereocenters. The Morgan fingerprint density at radius 3 is 2.74 bits per heavy atom. The van der Waals surface area contributed by atoms with Gasteiger partial charge in [0.25, 0.3) is 0 Å². The van der Waals surface area contributed by atoms with Crippen LogP contribution in [0.2, 0.25) is 0 Å². The topological polar surface area (TPSA) is 69.9 Å². The van der Waals surface area contributed by atoms with E-state index in [1.165, 1.54) is 5.56 Å². The highest BCUT2D eigenvalue weighted by Crippen LogP contribution is 2.36. The largest absolute Gasteiger partial charge is 0.469 e. The molecule has 1 aliphatic heterocycles. The number of rotatable bonds is 7. The van der Waals surface area contributed by atoms with Gasteiger partial charge in [0, 0.05) is 45.4 Å². The summed E-state index contributed by atoms with van der Waals surface area (Å²) in [5.74, 6) is 2.08. The first-order chi connectivity index (χ1) is 13.2. The summed E-state index contributed by atoms with van der Waals surface area (Å²) in [6, 6.07) is 14.2. The molecule has 6 heteroatoms. The van der Waals surface area contributed by atoms with Gasteiger partial charge >= 0.3 is 0 Å². The van der Waals surface area contributed by atoms with Gasteiger partial charge in [0.2, 0.25) is 5.91 Å². The number of likely N-dealkylation sites (tertiary alicyclic amines) is 1. The Balaban J connectivity index is 1.63. The second-order valence-electron chi connectivity index (χ2n) is 6.80. The molecule has 1 aromatic carbocycles. The van der Waals surface area contributed by atoms with E-state index in [1.807, 2.05) is 49.2 Å². The summed E-state index contributed by atoms with van der Waals surface area (Å²) in [7, 11) is 1.89. The monoisotopic (exact) mass is 368 g/mol. The molecule has 1 amide bonds. The van der Waals surface area contributed by atoms with Crippen molar-refractivity contribution in [3.05, 3.63) is 60.1 Å². The average molecular weight is 368 g/mol. The van der Waals surface area contributed by atoms with Crippen LogP contribution < -0.4 is 10.6 Å². The molecule has 0 saturated carbocycles.